The fourth-order valence-electron chi connectivity index (χ4n) is 3.94. The number of likely N-dealkylation sites (tertiary alicyclic amines) is 1. The molecule has 0 spiro atoms. The molecule has 1 fully saturated rings. The minimum atomic E-state index is -3.07. The van der Waals surface area contributed by atoms with Gasteiger partial charge in [0.15, 0.2) is 9.84 Å². The SMILES string of the molecule is CCOc1ccc(CCC2CCN(C(=O)c3ccc(CS(C)(=O)=O)cc3)CC2)cc1. The first-order valence-corrected chi connectivity index (χ1v) is 12.7. The quantitative estimate of drug-likeness (QED) is 0.633. The first-order valence-electron chi connectivity index (χ1n) is 10.6. The number of benzene rings is 2. The minimum absolute atomic E-state index is 0.00121. The van der Waals surface area contributed by atoms with E-state index in [4.69, 9.17) is 4.74 Å². The van der Waals surface area contributed by atoms with Crippen LogP contribution in [-0.4, -0.2) is 45.2 Å². The van der Waals surface area contributed by atoms with Crippen LogP contribution < -0.4 is 4.74 Å². The summed E-state index contributed by atoms with van der Waals surface area (Å²) < 4.78 is 28.3. The van der Waals surface area contributed by atoms with Gasteiger partial charge in [0.2, 0.25) is 0 Å². The van der Waals surface area contributed by atoms with Gasteiger partial charge in [0.05, 0.1) is 12.4 Å². The summed E-state index contributed by atoms with van der Waals surface area (Å²) in [6.07, 6.45) is 5.44. The maximum absolute atomic E-state index is 12.8. The standard InChI is InChI=1S/C24H31NO4S/c1-3-29-23-12-8-19(9-13-23)4-5-20-14-16-25(17-15-20)24(26)22-10-6-21(7-11-22)18-30(2,27)28/h6-13,20H,3-5,14-18H2,1-2H3. The second-order valence-corrected chi connectivity index (χ2v) is 10.3. The number of carbonyl (C=O) groups excluding carboxylic acids is 1. The third-order valence-electron chi connectivity index (χ3n) is 5.61. The number of aryl methyl sites for hydroxylation is 1. The summed E-state index contributed by atoms with van der Waals surface area (Å²) >= 11 is 0. The molecule has 1 heterocycles. The van der Waals surface area contributed by atoms with E-state index in [-0.39, 0.29) is 11.7 Å². The number of nitrogens with zero attached hydrogens (tertiary/aromatic N) is 1. The van der Waals surface area contributed by atoms with E-state index in [0.29, 0.717) is 23.7 Å². The number of sulfone groups is 1. The number of rotatable bonds is 8. The molecule has 0 saturated carbocycles. The lowest BCUT2D eigenvalue weighted by Gasteiger charge is -2.32. The van der Waals surface area contributed by atoms with E-state index < -0.39 is 9.84 Å². The van der Waals surface area contributed by atoms with Gasteiger partial charge in [-0.3, -0.25) is 4.79 Å². The molecule has 6 heteroatoms. The van der Waals surface area contributed by atoms with Gasteiger partial charge in [0.1, 0.15) is 5.75 Å². The zero-order valence-corrected chi connectivity index (χ0v) is 18.7. The highest BCUT2D eigenvalue weighted by molar-refractivity contribution is 7.89. The highest BCUT2D eigenvalue weighted by Crippen LogP contribution is 2.24. The van der Waals surface area contributed by atoms with Crippen molar-refractivity contribution >= 4 is 15.7 Å². The molecule has 162 valence electrons. The zero-order chi connectivity index (χ0) is 21.6. The van der Waals surface area contributed by atoms with Crippen LogP contribution in [0.1, 0.15) is 47.7 Å². The fraction of sp³-hybridized carbons (Fsp3) is 0.458. The molecule has 30 heavy (non-hydrogen) atoms. The number of amides is 1. The summed E-state index contributed by atoms with van der Waals surface area (Å²) in [6, 6.07) is 15.3. The molecule has 1 amide bonds. The lowest BCUT2D eigenvalue weighted by atomic mass is 9.90. The van der Waals surface area contributed by atoms with Gasteiger partial charge in [-0.05, 0) is 73.9 Å². The number of hydrogen-bond donors (Lipinski definition) is 0. The number of hydrogen-bond acceptors (Lipinski definition) is 4. The molecule has 2 aromatic rings. The summed E-state index contributed by atoms with van der Waals surface area (Å²) in [5.41, 5.74) is 2.66. The lowest BCUT2D eigenvalue weighted by molar-refractivity contribution is 0.0687. The molecule has 0 N–H and O–H groups in total. The predicted octanol–water partition coefficient (Wildman–Crippen LogP) is 4.11. The molecule has 0 atom stereocenters. The van der Waals surface area contributed by atoms with E-state index in [0.717, 1.165) is 44.5 Å². The van der Waals surface area contributed by atoms with E-state index in [1.54, 1.807) is 24.3 Å². The molecule has 1 aliphatic rings. The summed E-state index contributed by atoms with van der Waals surface area (Å²) in [4.78, 5) is 14.7. The molecular weight excluding hydrogens is 398 g/mol. The number of piperidine rings is 1. The second kappa shape index (κ2) is 10.1. The monoisotopic (exact) mass is 429 g/mol. The first-order chi connectivity index (χ1) is 14.3. The van der Waals surface area contributed by atoms with Crippen molar-refractivity contribution in [3.8, 4) is 5.75 Å². The van der Waals surface area contributed by atoms with Crippen molar-refractivity contribution in [3.05, 3.63) is 65.2 Å². The minimum Gasteiger partial charge on any atom is -0.494 e. The second-order valence-electron chi connectivity index (χ2n) is 8.12. The average Bonchev–Trinajstić information content (AvgIpc) is 2.73. The Kier molecular flexibility index (Phi) is 7.53. The van der Waals surface area contributed by atoms with Crippen LogP contribution in [0.4, 0.5) is 0 Å². The molecule has 1 aliphatic heterocycles. The molecule has 0 unspecified atom stereocenters. The van der Waals surface area contributed by atoms with Crippen molar-refractivity contribution < 1.29 is 17.9 Å². The predicted molar refractivity (Wildman–Crippen MR) is 120 cm³/mol. The Balaban J connectivity index is 1.46. The Morgan fingerprint density at radius 2 is 1.60 bits per heavy atom. The van der Waals surface area contributed by atoms with E-state index in [1.807, 2.05) is 24.0 Å². The topological polar surface area (TPSA) is 63.7 Å². The van der Waals surface area contributed by atoms with Crippen molar-refractivity contribution in [2.24, 2.45) is 5.92 Å². The van der Waals surface area contributed by atoms with Crippen LogP contribution in [0.15, 0.2) is 48.5 Å². The fourth-order valence-corrected chi connectivity index (χ4v) is 4.74. The average molecular weight is 430 g/mol. The Labute approximate surface area is 180 Å². The van der Waals surface area contributed by atoms with Crippen molar-refractivity contribution in [3.63, 3.8) is 0 Å². The molecule has 0 radical (unpaired) electrons. The maximum atomic E-state index is 12.8. The molecule has 2 aromatic carbocycles. The van der Waals surface area contributed by atoms with Crippen molar-refractivity contribution in [1.29, 1.82) is 0 Å². The van der Waals surface area contributed by atoms with E-state index in [1.165, 1.54) is 11.8 Å². The Morgan fingerprint density at radius 3 is 2.17 bits per heavy atom. The zero-order valence-electron chi connectivity index (χ0n) is 17.8. The third-order valence-corrected chi connectivity index (χ3v) is 6.46. The highest BCUT2D eigenvalue weighted by Gasteiger charge is 2.23. The van der Waals surface area contributed by atoms with Gasteiger partial charge in [0, 0.05) is 24.9 Å². The van der Waals surface area contributed by atoms with Gasteiger partial charge < -0.3 is 9.64 Å². The summed E-state index contributed by atoms with van der Waals surface area (Å²) in [5, 5.41) is 0. The summed E-state index contributed by atoms with van der Waals surface area (Å²) in [6.45, 7) is 4.22. The van der Waals surface area contributed by atoms with Gasteiger partial charge in [-0.2, -0.15) is 0 Å². The van der Waals surface area contributed by atoms with Crippen molar-refractivity contribution in [1.82, 2.24) is 4.90 Å². The first kappa shape index (κ1) is 22.3. The Bertz CT molecular complexity index is 928. The van der Waals surface area contributed by atoms with Crippen LogP contribution >= 0.6 is 0 Å². The van der Waals surface area contributed by atoms with Gasteiger partial charge in [0.25, 0.3) is 5.91 Å². The van der Waals surface area contributed by atoms with Crippen LogP contribution in [-0.2, 0) is 22.0 Å². The number of ether oxygens (including phenoxy) is 1. The smallest absolute Gasteiger partial charge is 0.253 e. The molecule has 5 nitrogen and oxygen atoms in total. The van der Waals surface area contributed by atoms with Gasteiger partial charge in [-0.15, -0.1) is 0 Å². The summed E-state index contributed by atoms with van der Waals surface area (Å²) in [5.74, 6) is 1.59. The van der Waals surface area contributed by atoms with Crippen LogP contribution in [0.3, 0.4) is 0 Å². The van der Waals surface area contributed by atoms with Crippen LogP contribution in [0.25, 0.3) is 0 Å². The van der Waals surface area contributed by atoms with Crippen molar-refractivity contribution in [2.45, 2.75) is 38.4 Å². The third kappa shape index (κ3) is 6.59. The largest absolute Gasteiger partial charge is 0.494 e. The van der Waals surface area contributed by atoms with E-state index >= 15 is 0 Å². The summed E-state index contributed by atoms with van der Waals surface area (Å²) in [7, 11) is -3.07. The van der Waals surface area contributed by atoms with Crippen molar-refractivity contribution in [2.75, 3.05) is 26.0 Å². The normalized spacial score (nSPS) is 15.2. The van der Waals surface area contributed by atoms with Gasteiger partial charge in [-0.1, -0.05) is 24.3 Å². The molecular formula is C24H31NO4S. The molecule has 0 aliphatic carbocycles. The van der Waals surface area contributed by atoms with Crippen LogP contribution in [0, 0.1) is 5.92 Å². The lowest BCUT2D eigenvalue weighted by Crippen LogP contribution is -2.38. The van der Waals surface area contributed by atoms with Gasteiger partial charge in [-0.25, -0.2) is 8.42 Å². The van der Waals surface area contributed by atoms with E-state index in [2.05, 4.69) is 12.1 Å². The highest BCUT2D eigenvalue weighted by atomic mass is 32.2. The molecule has 0 bridgehead atoms. The van der Waals surface area contributed by atoms with E-state index in [9.17, 15) is 13.2 Å². The molecule has 1 saturated heterocycles. The Hall–Kier alpha value is -2.34. The Morgan fingerprint density at radius 1 is 1.00 bits per heavy atom. The van der Waals surface area contributed by atoms with Crippen LogP contribution in [0.5, 0.6) is 5.75 Å². The molecule has 3 rings (SSSR count). The maximum Gasteiger partial charge on any atom is 0.253 e. The number of carbonyl (C=O) groups is 1. The molecule has 0 aromatic heterocycles. The van der Waals surface area contributed by atoms with Crippen LogP contribution in [0.2, 0.25) is 0 Å². The van der Waals surface area contributed by atoms with Gasteiger partial charge >= 0.3 is 0 Å².